The molecular formula is C7H13NO2. The van der Waals surface area contributed by atoms with E-state index in [9.17, 15) is 5.11 Å². The third-order valence-electron chi connectivity index (χ3n) is 2.74. The quantitative estimate of drug-likeness (QED) is 0.519. The number of nitrogens with two attached hydrogens (primary N) is 1. The van der Waals surface area contributed by atoms with Gasteiger partial charge in [-0.05, 0) is 12.8 Å². The maximum Gasteiger partial charge on any atom is 0.0841 e. The predicted molar refractivity (Wildman–Crippen MR) is 36.5 cm³/mol. The zero-order valence-electron chi connectivity index (χ0n) is 5.92. The van der Waals surface area contributed by atoms with Crippen LogP contribution in [-0.4, -0.2) is 30.5 Å². The third kappa shape index (κ3) is 0.713. The van der Waals surface area contributed by atoms with Crippen LogP contribution in [0.5, 0.6) is 0 Å². The van der Waals surface area contributed by atoms with Crippen molar-refractivity contribution in [1.29, 1.82) is 0 Å². The summed E-state index contributed by atoms with van der Waals surface area (Å²) in [6, 6.07) is 0. The fourth-order valence-corrected chi connectivity index (χ4v) is 2.02. The molecule has 0 aromatic heterocycles. The highest BCUT2D eigenvalue weighted by molar-refractivity contribution is 5.00. The van der Waals surface area contributed by atoms with Gasteiger partial charge in [-0.3, -0.25) is 0 Å². The Morgan fingerprint density at radius 3 is 2.70 bits per heavy atom. The van der Waals surface area contributed by atoms with Crippen molar-refractivity contribution in [2.45, 2.75) is 25.0 Å². The summed E-state index contributed by atoms with van der Waals surface area (Å²) in [5.41, 5.74) is 5.71. The summed E-state index contributed by atoms with van der Waals surface area (Å²) in [6.45, 7) is 1.41. The van der Waals surface area contributed by atoms with Gasteiger partial charge in [0.2, 0.25) is 0 Å². The van der Waals surface area contributed by atoms with Gasteiger partial charge >= 0.3 is 0 Å². The van der Waals surface area contributed by atoms with Crippen LogP contribution in [0.15, 0.2) is 0 Å². The number of rotatable bonds is 1. The van der Waals surface area contributed by atoms with Crippen LogP contribution in [0.3, 0.4) is 0 Å². The molecule has 3 nitrogen and oxygen atoms in total. The second kappa shape index (κ2) is 1.94. The number of ether oxygens (including phenoxy) is 1. The van der Waals surface area contributed by atoms with E-state index in [1.807, 2.05) is 0 Å². The lowest BCUT2D eigenvalue weighted by Crippen LogP contribution is -2.34. The van der Waals surface area contributed by atoms with E-state index in [1.165, 1.54) is 0 Å². The molecule has 0 radical (unpaired) electrons. The third-order valence-corrected chi connectivity index (χ3v) is 2.74. The topological polar surface area (TPSA) is 55.5 Å². The van der Waals surface area contributed by atoms with Crippen molar-refractivity contribution >= 4 is 0 Å². The molecule has 3 heteroatoms. The van der Waals surface area contributed by atoms with Crippen LogP contribution in [0.1, 0.15) is 12.8 Å². The maximum absolute atomic E-state index is 9.34. The summed E-state index contributed by atoms with van der Waals surface area (Å²) >= 11 is 0. The maximum atomic E-state index is 9.34. The first-order chi connectivity index (χ1) is 4.76. The lowest BCUT2D eigenvalue weighted by atomic mass is 9.88. The Morgan fingerprint density at radius 1 is 1.60 bits per heavy atom. The molecule has 3 N–H and O–H groups in total. The first-order valence-electron chi connectivity index (χ1n) is 3.75. The highest BCUT2D eigenvalue weighted by atomic mass is 16.5. The predicted octanol–water partition coefficient (Wildman–Crippen LogP) is -0.515. The second-order valence-electron chi connectivity index (χ2n) is 3.53. The minimum atomic E-state index is -0.253. The van der Waals surface area contributed by atoms with Gasteiger partial charge in [0.05, 0.1) is 18.8 Å². The molecule has 2 fully saturated rings. The molecule has 3 atom stereocenters. The van der Waals surface area contributed by atoms with Gasteiger partial charge in [0.15, 0.2) is 0 Å². The van der Waals surface area contributed by atoms with E-state index in [0.717, 1.165) is 19.4 Å². The highest BCUT2D eigenvalue weighted by Gasteiger charge is 2.50. The van der Waals surface area contributed by atoms with Gasteiger partial charge in [0.1, 0.15) is 0 Å². The zero-order chi connectivity index (χ0) is 7.19. The fourth-order valence-electron chi connectivity index (χ4n) is 2.02. The Kier molecular flexibility index (Phi) is 1.27. The Balaban J connectivity index is 2.14. The Hall–Kier alpha value is -0.120. The molecule has 0 amide bonds. The van der Waals surface area contributed by atoms with E-state index in [1.54, 1.807) is 0 Å². The standard InChI is InChI=1S/C7H13NO2/c8-3-7-1-5(9)6(2-7)10-4-7/h5-6,9H,1-4,8H2/t5-,6-,7-/m1/s1. The molecule has 1 heterocycles. The second-order valence-corrected chi connectivity index (χ2v) is 3.53. The van der Waals surface area contributed by atoms with E-state index >= 15 is 0 Å². The van der Waals surface area contributed by atoms with Gasteiger partial charge in [0, 0.05) is 12.0 Å². The van der Waals surface area contributed by atoms with Crippen LogP contribution in [0, 0.1) is 5.41 Å². The number of hydrogen-bond acceptors (Lipinski definition) is 3. The Bertz CT molecular complexity index is 147. The number of fused-ring (bicyclic) bond motifs is 2. The van der Waals surface area contributed by atoms with Crippen LogP contribution in [0.25, 0.3) is 0 Å². The Labute approximate surface area is 60.2 Å². The van der Waals surface area contributed by atoms with Gasteiger partial charge in [-0.15, -0.1) is 0 Å². The molecule has 58 valence electrons. The molecule has 0 spiro atoms. The van der Waals surface area contributed by atoms with Gasteiger partial charge in [-0.2, -0.15) is 0 Å². The molecule has 2 bridgehead atoms. The zero-order valence-corrected chi connectivity index (χ0v) is 5.92. The Morgan fingerprint density at radius 2 is 2.40 bits per heavy atom. The van der Waals surface area contributed by atoms with E-state index in [-0.39, 0.29) is 17.6 Å². The van der Waals surface area contributed by atoms with Crippen LogP contribution in [0.4, 0.5) is 0 Å². The monoisotopic (exact) mass is 143 g/mol. The SMILES string of the molecule is NC[C@]12CO[C@H](C1)[C@H](O)C2. The van der Waals surface area contributed by atoms with Crippen molar-refractivity contribution in [2.24, 2.45) is 11.1 Å². The molecule has 1 saturated heterocycles. The molecule has 0 unspecified atom stereocenters. The molecule has 10 heavy (non-hydrogen) atoms. The van der Waals surface area contributed by atoms with Crippen molar-refractivity contribution < 1.29 is 9.84 Å². The summed E-state index contributed by atoms with van der Waals surface area (Å²) in [5.74, 6) is 0. The first-order valence-corrected chi connectivity index (χ1v) is 3.75. The van der Waals surface area contributed by atoms with Crippen LogP contribution >= 0.6 is 0 Å². The van der Waals surface area contributed by atoms with E-state index in [0.29, 0.717) is 6.54 Å². The van der Waals surface area contributed by atoms with Crippen molar-refractivity contribution in [1.82, 2.24) is 0 Å². The van der Waals surface area contributed by atoms with Crippen molar-refractivity contribution in [2.75, 3.05) is 13.2 Å². The number of aliphatic hydroxyl groups excluding tert-OH is 1. The normalized spacial score (nSPS) is 52.2. The molecule has 1 aliphatic carbocycles. The summed E-state index contributed by atoms with van der Waals surface area (Å²) in [6.07, 6.45) is 1.64. The lowest BCUT2D eigenvalue weighted by molar-refractivity contribution is -0.0395. The highest BCUT2D eigenvalue weighted by Crippen LogP contribution is 2.45. The number of hydrogen-bond donors (Lipinski definition) is 2. The molecule has 2 rings (SSSR count). The fraction of sp³-hybridized carbons (Fsp3) is 1.00. The molecule has 2 aliphatic rings. The first kappa shape index (κ1) is 6.58. The number of aliphatic hydroxyl groups is 1. The van der Waals surface area contributed by atoms with Gasteiger partial charge in [-0.1, -0.05) is 0 Å². The summed E-state index contributed by atoms with van der Waals surface area (Å²) in [7, 11) is 0. The van der Waals surface area contributed by atoms with E-state index < -0.39 is 0 Å². The average molecular weight is 143 g/mol. The lowest BCUT2D eigenvalue weighted by Gasteiger charge is -2.25. The van der Waals surface area contributed by atoms with Crippen molar-refractivity contribution in [3.05, 3.63) is 0 Å². The van der Waals surface area contributed by atoms with Crippen LogP contribution < -0.4 is 5.73 Å². The summed E-state index contributed by atoms with van der Waals surface area (Å²) in [5, 5.41) is 9.34. The summed E-state index contributed by atoms with van der Waals surface area (Å²) < 4.78 is 5.33. The largest absolute Gasteiger partial charge is 0.390 e. The molecule has 0 aromatic carbocycles. The summed E-state index contributed by atoms with van der Waals surface area (Å²) in [4.78, 5) is 0. The van der Waals surface area contributed by atoms with Crippen molar-refractivity contribution in [3.63, 3.8) is 0 Å². The molecule has 1 aliphatic heterocycles. The van der Waals surface area contributed by atoms with Crippen LogP contribution in [-0.2, 0) is 4.74 Å². The van der Waals surface area contributed by atoms with E-state index in [4.69, 9.17) is 10.5 Å². The van der Waals surface area contributed by atoms with Crippen LogP contribution in [0.2, 0.25) is 0 Å². The molecule has 0 aromatic rings. The van der Waals surface area contributed by atoms with Gasteiger partial charge in [0.25, 0.3) is 0 Å². The van der Waals surface area contributed by atoms with Gasteiger partial charge in [-0.25, -0.2) is 0 Å². The van der Waals surface area contributed by atoms with Crippen molar-refractivity contribution in [3.8, 4) is 0 Å². The average Bonchev–Trinajstić information content (AvgIpc) is 2.45. The minimum absolute atomic E-state index is 0.0866. The van der Waals surface area contributed by atoms with Gasteiger partial charge < -0.3 is 15.6 Å². The van der Waals surface area contributed by atoms with E-state index in [2.05, 4.69) is 0 Å². The molecular weight excluding hydrogens is 130 g/mol. The minimum Gasteiger partial charge on any atom is -0.390 e. The molecule has 1 saturated carbocycles. The smallest absolute Gasteiger partial charge is 0.0841 e.